The van der Waals surface area contributed by atoms with Crippen LogP contribution in [-0.2, 0) is 13.4 Å². The van der Waals surface area contributed by atoms with E-state index < -0.39 is 6.37 Å². The molecule has 0 aliphatic rings. The number of benzene rings is 3. The van der Waals surface area contributed by atoms with E-state index in [1.807, 2.05) is 70.3 Å². The van der Waals surface area contributed by atoms with Crippen molar-refractivity contribution in [2.45, 2.75) is 34.1 Å². The molecule has 0 bridgehead atoms. The Morgan fingerprint density at radius 3 is 2.47 bits per heavy atom. The SMILES string of the molecule is [2H]C([2H])(c1cc(C)[n+](C)c(-c2c(C)ccc3c2oc2c([N+]#[C-])ccc(-c4ccccc4)c23)c1)C(C)C. The predicted octanol–water partition coefficient (Wildman–Crippen LogP) is 8.11. The van der Waals surface area contributed by atoms with Gasteiger partial charge in [-0.3, -0.25) is 0 Å². The molecule has 0 amide bonds. The highest BCUT2D eigenvalue weighted by Crippen LogP contribution is 2.44. The Bertz CT molecular complexity index is 1680. The van der Waals surface area contributed by atoms with Gasteiger partial charge in [0.2, 0.25) is 11.4 Å². The molecule has 34 heavy (non-hydrogen) atoms. The second-order valence-electron chi connectivity index (χ2n) is 9.18. The number of rotatable bonds is 4. The van der Waals surface area contributed by atoms with Crippen LogP contribution in [0.4, 0.5) is 5.69 Å². The van der Waals surface area contributed by atoms with E-state index in [0.29, 0.717) is 16.8 Å². The van der Waals surface area contributed by atoms with Gasteiger partial charge >= 0.3 is 0 Å². The fraction of sp³-hybridized carbons (Fsp3) is 0.226. The van der Waals surface area contributed by atoms with Gasteiger partial charge in [-0.15, -0.1) is 0 Å². The van der Waals surface area contributed by atoms with Gasteiger partial charge in [0.05, 0.1) is 12.1 Å². The van der Waals surface area contributed by atoms with Crippen molar-refractivity contribution in [1.29, 1.82) is 0 Å². The van der Waals surface area contributed by atoms with Gasteiger partial charge < -0.3 is 4.42 Å². The molecular formula is C31H29N2O+. The van der Waals surface area contributed by atoms with E-state index in [1.165, 1.54) is 0 Å². The van der Waals surface area contributed by atoms with Crippen LogP contribution in [0.3, 0.4) is 0 Å². The summed E-state index contributed by atoms with van der Waals surface area (Å²) in [5, 5.41) is 1.88. The van der Waals surface area contributed by atoms with Crippen molar-refractivity contribution in [3.63, 3.8) is 0 Å². The summed E-state index contributed by atoms with van der Waals surface area (Å²) in [6, 6.07) is 22.0. The lowest BCUT2D eigenvalue weighted by atomic mass is 9.94. The smallest absolute Gasteiger partial charge is 0.229 e. The summed E-state index contributed by atoms with van der Waals surface area (Å²) in [6.45, 7) is 15.6. The van der Waals surface area contributed by atoms with E-state index in [1.54, 1.807) is 0 Å². The van der Waals surface area contributed by atoms with Gasteiger partial charge in [0.15, 0.2) is 5.69 Å². The van der Waals surface area contributed by atoms with Gasteiger partial charge in [0, 0.05) is 32.6 Å². The number of aromatic nitrogens is 1. The molecule has 0 saturated heterocycles. The number of furan rings is 1. The highest BCUT2D eigenvalue weighted by molar-refractivity contribution is 6.18. The molecule has 3 heteroatoms. The van der Waals surface area contributed by atoms with E-state index in [2.05, 4.69) is 40.6 Å². The van der Waals surface area contributed by atoms with Crippen LogP contribution >= 0.6 is 0 Å². The highest BCUT2D eigenvalue weighted by Gasteiger charge is 2.24. The zero-order valence-corrected chi connectivity index (χ0v) is 20.2. The molecule has 0 unspecified atom stereocenters. The van der Waals surface area contributed by atoms with E-state index in [4.69, 9.17) is 13.7 Å². The third-order valence-corrected chi connectivity index (χ3v) is 6.44. The van der Waals surface area contributed by atoms with Crippen molar-refractivity contribution in [1.82, 2.24) is 0 Å². The zero-order chi connectivity index (χ0) is 25.8. The molecule has 0 N–H and O–H groups in total. The lowest BCUT2D eigenvalue weighted by molar-refractivity contribution is -0.666. The topological polar surface area (TPSA) is 21.4 Å². The van der Waals surface area contributed by atoms with Crippen LogP contribution in [0, 0.1) is 26.3 Å². The third-order valence-electron chi connectivity index (χ3n) is 6.44. The Hall–Kier alpha value is -3.90. The molecule has 2 aromatic heterocycles. The van der Waals surface area contributed by atoms with Crippen molar-refractivity contribution in [2.75, 3.05) is 0 Å². The molecule has 0 radical (unpaired) electrons. The van der Waals surface area contributed by atoms with Crippen LogP contribution in [0.2, 0.25) is 0 Å². The summed E-state index contributed by atoms with van der Waals surface area (Å²) in [5.74, 6) is -0.171. The maximum absolute atomic E-state index is 8.73. The van der Waals surface area contributed by atoms with Crippen molar-refractivity contribution in [2.24, 2.45) is 13.0 Å². The second-order valence-corrected chi connectivity index (χ2v) is 9.18. The minimum absolute atomic E-state index is 0.171. The average molecular weight is 448 g/mol. The van der Waals surface area contributed by atoms with Gasteiger partial charge in [-0.1, -0.05) is 68.4 Å². The van der Waals surface area contributed by atoms with Crippen LogP contribution in [0.15, 0.2) is 71.1 Å². The predicted molar refractivity (Wildman–Crippen MR) is 140 cm³/mol. The molecule has 3 nitrogen and oxygen atoms in total. The van der Waals surface area contributed by atoms with Crippen LogP contribution in [0.1, 0.15) is 33.4 Å². The van der Waals surface area contributed by atoms with E-state index in [-0.39, 0.29) is 5.92 Å². The van der Waals surface area contributed by atoms with Gasteiger partial charge in [0.1, 0.15) is 18.2 Å². The van der Waals surface area contributed by atoms with E-state index in [9.17, 15) is 0 Å². The molecule has 0 atom stereocenters. The molecule has 3 aromatic carbocycles. The summed E-state index contributed by atoms with van der Waals surface area (Å²) in [6.07, 6.45) is -1.47. The molecular weight excluding hydrogens is 416 g/mol. The molecule has 0 aliphatic heterocycles. The zero-order valence-electron chi connectivity index (χ0n) is 22.2. The molecule has 5 aromatic rings. The Morgan fingerprint density at radius 2 is 1.76 bits per heavy atom. The first-order chi connectivity index (χ1) is 17.1. The lowest BCUT2D eigenvalue weighted by Gasteiger charge is -2.11. The van der Waals surface area contributed by atoms with E-state index >= 15 is 0 Å². The van der Waals surface area contributed by atoms with Gasteiger partial charge in [-0.25, -0.2) is 4.85 Å². The maximum Gasteiger partial charge on any atom is 0.229 e. The number of pyridine rings is 1. The summed E-state index contributed by atoms with van der Waals surface area (Å²) in [4.78, 5) is 3.75. The van der Waals surface area contributed by atoms with Crippen LogP contribution in [0.25, 0.3) is 49.2 Å². The molecule has 0 aliphatic carbocycles. The standard InChI is InChI=1S/C31H29N2O/c1-19(2)16-22-17-21(4)33(6)27(18-22)28-20(3)12-13-25-29-24(23-10-8-7-9-11-23)14-15-26(32-5)31(29)34-30(25)28/h7-15,17-19H,16H2,1-4,6H3/q+1/i16D2. The van der Waals surface area contributed by atoms with E-state index in [0.717, 1.165) is 50.0 Å². The molecule has 5 rings (SSSR count). The lowest BCUT2D eigenvalue weighted by Crippen LogP contribution is -2.35. The Morgan fingerprint density at radius 1 is 1.00 bits per heavy atom. The van der Waals surface area contributed by atoms with Gasteiger partial charge in [-0.2, -0.15) is 4.57 Å². The molecule has 0 spiro atoms. The summed E-state index contributed by atoms with van der Waals surface area (Å²) < 4.78 is 26.1. The average Bonchev–Trinajstić information content (AvgIpc) is 3.25. The highest BCUT2D eigenvalue weighted by atomic mass is 16.3. The van der Waals surface area contributed by atoms with Crippen molar-refractivity contribution in [3.8, 4) is 22.4 Å². The Balaban J connectivity index is 1.90. The summed E-state index contributed by atoms with van der Waals surface area (Å²) >= 11 is 0. The largest absolute Gasteiger partial charge is 0.466 e. The molecule has 0 fully saturated rings. The quantitative estimate of drug-likeness (QED) is 0.201. The van der Waals surface area contributed by atoms with Crippen LogP contribution in [0.5, 0.6) is 0 Å². The molecule has 0 saturated carbocycles. The van der Waals surface area contributed by atoms with Gasteiger partial charge in [0.25, 0.3) is 0 Å². The van der Waals surface area contributed by atoms with Gasteiger partial charge in [-0.05, 0) is 41.5 Å². The van der Waals surface area contributed by atoms with Crippen LogP contribution in [-0.4, -0.2) is 0 Å². The van der Waals surface area contributed by atoms with Crippen molar-refractivity contribution in [3.05, 3.63) is 95.0 Å². The number of hydrogen-bond donors (Lipinski definition) is 0. The van der Waals surface area contributed by atoms with Crippen LogP contribution < -0.4 is 4.57 Å². The first-order valence-electron chi connectivity index (χ1n) is 12.6. The fourth-order valence-corrected chi connectivity index (χ4v) is 4.75. The maximum atomic E-state index is 8.73. The number of aryl methyl sites for hydroxylation is 2. The number of nitrogens with zero attached hydrogens (tertiary/aromatic N) is 2. The van der Waals surface area contributed by atoms with Crippen molar-refractivity contribution < 1.29 is 11.7 Å². The fourth-order valence-electron chi connectivity index (χ4n) is 4.75. The normalized spacial score (nSPS) is 12.7. The third kappa shape index (κ3) is 3.56. The minimum atomic E-state index is -1.47. The minimum Gasteiger partial charge on any atom is -0.466 e. The number of hydrogen-bond acceptors (Lipinski definition) is 1. The summed E-state index contributed by atoms with van der Waals surface area (Å²) in [7, 11) is 2.00. The monoisotopic (exact) mass is 447 g/mol. The Labute approximate surface area is 203 Å². The number of fused-ring (bicyclic) bond motifs is 3. The molecule has 2 heterocycles. The first-order valence-corrected chi connectivity index (χ1v) is 11.6. The first kappa shape index (κ1) is 19.6. The Kier molecular flexibility index (Phi) is 4.87. The second kappa shape index (κ2) is 8.47. The summed E-state index contributed by atoms with van der Waals surface area (Å²) in [5.41, 5.74) is 8.34. The van der Waals surface area contributed by atoms with Crippen molar-refractivity contribution >= 4 is 27.6 Å². The molecule has 168 valence electrons.